The minimum absolute atomic E-state index is 0.115. The van der Waals surface area contributed by atoms with Gasteiger partial charge < -0.3 is 14.9 Å². The van der Waals surface area contributed by atoms with Gasteiger partial charge in [0.2, 0.25) is 0 Å². The maximum absolute atomic E-state index is 11.3. The summed E-state index contributed by atoms with van der Waals surface area (Å²) in [6.45, 7) is 0. The summed E-state index contributed by atoms with van der Waals surface area (Å²) in [5.41, 5.74) is 2.35. The van der Waals surface area contributed by atoms with Gasteiger partial charge in [-0.2, -0.15) is 0 Å². The zero-order valence-corrected chi connectivity index (χ0v) is 12.1. The second kappa shape index (κ2) is 4.61. The van der Waals surface area contributed by atoms with Crippen molar-refractivity contribution < 1.29 is 19.7 Å². The van der Waals surface area contributed by atoms with E-state index in [1.165, 1.54) is 11.3 Å². The number of rotatable bonds is 1. The number of thiophene rings is 1. The molecule has 0 saturated carbocycles. The lowest BCUT2D eigenvalue weighted by Crippen LogP contribution is -1.90. The molecule has 0 bridgehead atoms. The number of carboxylic acids is 1. The first-order valence-corrected chi connectivity index (χ1v) is 7.43. The number of ether oxygens (including phenoxy) is 1. The van der Waals surface area contributed by atoms with Crippen LogP contribution in [-0.2, 0) is 0 Å². The summed E-state index contributed by atoms with van der Waals surface area (Å²) in [6.07, 6.45) is 0. The van der Waals surface area contributed by atoms with Gasteiger partial charge in [0, 0.05) is 21.6 Å². The zero-order valence-electron chi connectivity index (χ0n) is 11.2. The molecule has 0 atom stereocenters. The van der Waals surface area contributed by atoms with Crippen LogP contribution in [0.15, 0.2) is 48.5 Å². The number of phenolic OH excluding ortho intramolecular Hbond substituents is 1. The summed E-state index contributed by atoms with van der Waals surface area (Å²) in [6, 6.07) is 14.0. The van der Waals surface area contributed by atoms with Gasteiger partial charge in [-0.05, 0) is 30.3 Å². The van der Waals surface area contributed by atoms with Crippen LogP contribution in [-0.4, -0.2) is 16.2 Å². The van der Waals surface area contributed by atoms with Crippen LogP contribution in [0.1, 0.15) is 9.67 Å². The van der Waals surface area contributed by atoms with Gasteiger partial charge in [0.15, 0.2) is 0 Å². The second-order valence-corrected chi connectivity index (χ2v) is 5.99. The molecule has 1 aliphatic rings. The smallest absolute Gasteiger partial charge is 0.345 e. The number of para-hydroxylation sites is 1. The zero-order chi connectivity index (χ0) is 15.3. The van der Waals surface area contributed by atoms with Crippen LogP contribution in [0.3, 0.4) is 0 Å². The van der Waals surface area contributed by atoms with Crippen molar-refractivity contribution in [1.29, 1.82) is 0 Å². The predicted octanol–water partition coefficient (Wildman–Crippen LogP) is 4.59. The van der Waals surface area contributed by atoms with Crippen molar-refractivity contribution in [3.63, 3.8) is 0 Å². The topological polar surface area (TPSA) is 66.8 Å². The third kappa shape index (κ3) is 1.87. The molecule has 2 heterocycles. The maximum Gasteiger partial charge on any atom is 0.345 e. The van der Waals surface area contributed by atoms with Crippen molar-refractivity contribution in [1.82, 2.24) is 0 Å². The Bertz CT molecular complexity index is 911. The average Bonchev–Trinajstić information content (AvgIpc) is 2.90. The highest BCUT2D eigenvalue weighted by Crippen LogP contribution is 2.50. The number of hydrogen-bond acceptors (Lipinski definition) is 4. The van der Waals surface area contributed by atoms with E-state index in [9.17, 15) is 15.0 Å². The molecule has 1 aliphatic heterocycles. The quantitative estimate of drug-likeness (QED) is 0.539. The van der Waals surface area contributed by atoms with E-state index in [1.54, 1.807) is 24.3 Å². The third-order valence-corrected chi connectivity index (χ3v) is 4.70. The highest BCUT2D eigenvalue weighted by molar-refractivity contribution is 7.18. The molecule has 5 heteroatoms. The number of phenols is 1. The fourth-order valence-electron chi connectivity index (χ4n) is 2.58. The molecule has 108 valence electrons. The lowest BCUT2D eigenvalue weighted by molar-refractivity contribution is 0.0702. The SMILES string of the molecule is O=C(O)c1cc2c(s1)-c1cc(O)ccc1Oc1ccccc1-2. The Balaban J connectivity index is 2.09. The van der Waals surface area contributed by atoms with E-state index in [2.05, 4.69) is 0 Å². The number of hydrogen-bond donors (Lipinski definition) is 2. The normalized spacial score (nSPS) is 11.6. The summed E-state index contributed by atoms with van der Waals surface area (Å²) in [7, 11) is 0. The molecule has 0 amide bonds. The van der Waals surface area contributed by atoms with E-state index in [1.807, 2.05) is 24.3 Å². The van der Waals surface area contributed by atoms with E-state index in [-0.39, 0.29) is 10.6 Å². The molecule has 4 rings (SSSR count). The first-order chi connectivity index (χ1) is 10.6. The molecule has 3 aromatic rings. The van der Waals surface area contributed by atoms with Gasteiger partial charge in [-0.25, -0.2) is 4.79 Å². The van der Waals surface area contributed by atoms with E-state index < -0.39 is 5.97 Å². The van der Waals surface area contributed by atoms with E-state index in [0.29, 0.717) is 17.1 Å². The summed E-state index contributed by atoms with van der Waals surface area (Å²) in [5, 5.41) is 19.1. The molecular formula is C17H10O4S. The number of benzene rings is 2. The molecule has 2 aromatic carbocycles. The van der Waals surface area contributed by atoms with Crippen LogP contribution in [0, 0.1) is 0 Å². The molecule has 0 spiro atoms. The van der Waals surface area contributed by atoms with Gasteiger partial charge in [-0.1, -0.05) is 18.2 Å². The molecule has 0 unspecified atom stereocenters. The molecular weight excluding hydrogens is 300 g/mol. The minimum Gasteiger partial charge on any atom is -0.508 e. The Hall–Kier alpha value is -2.79. The van der Waals surface area contributed by atoms with Crippen molar-refractivity contribution >= 4 is 17.3 Å². The van der Waals surface area contributed by atoms with Gasteiger partial charge in [-0.3, -0.25) is 0 Å². The predicted molar refractivity (Wildman–Crippen MR) is 83.9 cm³/mol. The number of aromatic hydroxyl groups is 1. The maximum atomic E-state index is 11.3. The number of aromatic carboxylic acids is 1. The first-order valence-electron chi connectivity index (χ1n) is 6.61. The standard InChI is InChI=1S/C17H10O4S/c18-9-5-6-14-12(7-9)16-11(8-15(22-16)17(19)20)10-3-1-2-4-13(10)21-14/h1-8,18H,(H,19,20). The van der Waals surface area contributed by atoms with Gasteiger partial charge in [0.05, 0.1) is 0 Å². The number of carbonyl (C=O) groups is 1. The average molecular weight is 310 g/mol. The van der Waals surface area contributed by atoms with E-state index in [0.717, 1.165) is 16.0 Å². The molecule has 2 N–H and O–H groups in total. The van der Waals surface area contributed by atoms with Crippen molar-refractivity contribution in [3.05, 3.63) is 53.4 Å². The van der Waals surface area contributed by atoms with Crippen LogP contribution in [0.5, 0.6) is 17.2 Å². The van der Waals surface area contributed by atoms with Crippen molar-refractivity contribution in [2.75, 3.05) is 0 Å². The number of carboxylic acid groups (broad SMARTS) is 1. The van der Waals surface area contributed by atoms with Gasteiger partial charge >= 0.3 is 5.97 Å². The monoisotopic (exact) mass is 310 g/mol. The Labute approximate surface area is 129 Å². The highest BCUT2D eigenvalue weighted by Gasteiger charge is 2.25. The van der Waals surface area contributed by atoms with Crippen LogP contribution >= 0.6 is 11.3 Å². The Morgan fingerprint density at radius 1 is 0.955 bits per heavy atom. The van der Waals surface area contributed by atoms with Crippen LogP contribution < -0.4 is 4.74 Å². The van der Waals surface area contributed by atoms with Crippen LogP contribution in [0.2, 0.25) is 0 Å². The summed E-state index contributed by atoms with van der Waals surface area (Å²) >= 11 is 1.18. The Morgan fingerprint density at radius 2 is 1.73 bits per heavy atom. The fourth-order valence-corrected chi connectivity index (χ4v) is 3.61. The van der Waals surface area contributed by atoms with E-state index >= 15 is 0 Å². The lowest BCUT2D eigenvalue weighted by Gasteiger charge is -2.08. The minimum atomic E-state index is -0.960. The second-order valence-electron chi connectivity index (χ2n) is 4.94. The molecule has 22 heavy (non-hydrogen) atoms. The van der Waals surface area contributed by atoms with Gasteiger partial charge in [0.25, 0.3) is 0 Å². The first kappa shape index (κ1) is 12.9. The van der Waals surface area contributed by atoms with Crippen molar-refractivity contribution in [3.8, 4) is 38.8 Å². The van der Waals surface area contributed by atoms with Gasteiger partial charge in [-0.15, -0.1) is 11.3 Å². The summed E-state index contributed by atoms with van der Waals surface area (Å²) < 4.78 is 5.95. The molecule has 0 saturated heterocycles. The summed E-state index contributed by atoms with van der Waals surface area (Å²) in [4.78, 5) is 12.4. The lowest BCUT2D eigenvalue weighted by atomic mass is 10.0. The van der Waals surface area contributed by atoms with Crippen LogP contribution in [0.25, 0.3) is 21.6 Å². The Kier molecular flexibility index (Phi) is 2.71. The molecule has 0 aliphatic carbocycles. The molecule has 4 nitrogen and oxygen atoms in total. The summed E-state index contributed by atoms with van der Waals surface area (Å²) in [5.74, 6) is 0.424. The molecule has 1 aromatic heterocycles. The fraction of sp³-hybridized carbons (Fsp3) is 0. The molecule has 0 fully saturated rings. The van der Waals surface area contributed by atoms with Gasteiger partial charge in [0.1, 0.15) is 22.1 Å². The number of fused-ring (bicyclic) bond motifs is 5. The van der Waals surface area contributed by atoms with E-state index in [4.69, 9.17) is 4.74 Å². The molecule has 0 radical (unpaired) electrons. The van der Waals surface area contributed by atoms with Crippen LogP contribution in [0.4, 0.5) is 0 Å². The highest BCUT2D eigenvalue weighted by atomic mass is 32.1. The van der Waals surface area contributed by atoms with Crippen molar-refractivity contribution in [2.24, 2.45) is 0 Å². The Morgan fingerprint density at radius 3 is 2.55 bits per heavy atom. The van der Waals surface area contributed by atoms with Crippen molar-refractivity contribution in [2.45, 2.75) is 0 Å². The largest absolute Gasteiger partial charge is 0.508 e. The third-order valence-electron chi connectivity index (χ3n) is 3.55.